The molecule has 3 aromatic carbocycles. The fourth-order valence-electron chi connectivity index (χ4n) is 3.06. The molecule has 33 heavy (non-hydrogen) atoms. The molecule has 0 amide bonds. The lowest BCUT2D eigenvalue weighted by Gasteiger charge is -2.08. The Morgan fingerprint density at radius 3 is 1.33 bits per heavy atom. The van der Waals surface area contributed by atoms with Gasteiger partial charge < -0.3 is 19.3 Å². The van der Waals surface area contributed by atoms with Crippen LogP contribution in [0.2, 0.25) is 0 Å². The molecule has 0 saturated heterocycles. The van der Waals surface area contributed by atoms with Crippen molar-refractivity contribution in [3.05, 3.63) is 95.1 Å². The molecule has 0 heterocycles. The summed E-state index contributed by atoms with van der Waals surface area (Å²) in [5.41, 5.74) is 1.74. The van der Waals surface area contributed by atoms with Gasteiger partial charge in [-0.1, -0.05) is 0 Å². The topological polar surface area (TPSA) is 82.1 Å². The lowest BCUT2D eigenvalue weighted by Crippen LogP contribution is -1.95. The second-order valence-electron chi connectivity index (χ2n) is 7.01. The van der Waals surface area contributed by atoms with E-state index in [1.54, 1.807) is 74.9 Å². The molecule has 6 heteroatoms. The highest BCUT2D eigenvalue weighted by Crippen LogP contribution is 2.31. The Morgan fingerprint density at radius 1 is 0.636 bits per heavy atom. The molecule has 0 aliphatic heterocycles. The van der Waals surface area contributed by atoms with Crippen molar-refractivity contribution in [1.29, 1.82) is 0 Å². The van der Waals surface area contributed by atoms with Crippen LogP contribution in [0.3, 0.4) is 0 Å². The maximum Gasteiger partial charge on any atom is 0.185 e. The summed E-state index contributed by atoms with van der Waals surface area (Å²) in [6.07, 6.45) is 5.75. The van der Waals surface area contributed by atoms with E-state index in [1.807, 2.05) is 0 Å². The highest BCUT2D eigenvalue weighted by molar-refractivity contribution is 6.08. The van der Waals surface area contributed by atoms with Crippen LogP contribution in [0, 0.1) is 0 Å². The van der Waals surface area contributed by atoms with Crippen LogP contribution < -0.4 is 14.2 Å². The number of rotatable bonds is 9. The van der Waals surface area contributed by atoms with E-state index in [2.05, 4.69) is 0 Å². The van der Waals surface area contributed by atoms with Crippen molar-refractivity contribution >= 4 is 23.7 Å². The van der Waals surface area contributed by atoms with Gasteiger partial charge in [-0.15, -0.1) is 0 Å². The minimum atomic E-state index is -0.230. The van der Waals surface area contributed by atoms with Gasteiger partial charge in [0, 0.05) is 22.3 Å². The molecule has 0 bridgehead atoms. The third-order valence-electron chi connectivity index (χ3n) is 4.96. The minimum Gasteiger partial charge on any atom is -0.507 e. The van der Waals surface area contributed by atoms with Gasteiger partial charge in [-0.3, -0.25) is 9.59 Å². The van der Waals surface area contributed by atoms with E-state index in [0.29, 0.717) is 39.5 Å². The Morgan fingerprint density at radius 2 is 1.00 bits per heavy atom. The molecule has 0 aliphatic rings. The van der Waals surface area contributed by atoms with Crippen molar-refractivity contribution < 1.29 is 28.9 Å². The predicted molar refractivity (Wildman–Crippen MR) is 127 cm³/mol. The average molecular weight is 444 g/mol. The molecule has 1 N–H and O–H groups in total. The Labute approximate surface area is 192 Å². The van der Waals surface area contributed by atoms with Gasteiger partial charge in [0.25, 0.3) is 0 Å². The van der Waals surface area contributed by atoms with E-state index in [1.165, 1.54) is 31.4 Å². The third-order valence-corrected chi connectivity index (χ3v) is 4.96. The number of ketones is 2. The van der Waals surface area contributed by atoms with Crippen molar-refractivity contribution in [1.82, 2.24) is 0 Å². The van der Waals surface area contributed by atoms with Gasteiger partial charge in [-0.05, 0) is 85.0 Å². The van der Waals surface area contributed by atoms with Gasteiger partial charge >= 0.3 is 0 Å². The van der Waals surface area contributed by atoms with Gasteiger partial charge in [0.05, 0.1) is 21.3 Å². The number of methoxy groups -OCH3 is 3. The molecule has 6 nitrogen and oxygen atoms in total. The lowest BCUT2D eigenvalue weighted by atomic mass is 10.0. The number of hydrogen-bond donors (Lipinski definition) is 1. The Kier molecular flexibility index (Phi) is 7.65. The molecular weight excluding hydrogens is 420 g/mol. The fourth-order valence-corrected chi connectivity index (χ4v) is 3.06. The summed E-state index contributed by atoms with van der Waals surface area (Å²) in [7, 11) is 4.61. The maximum atomic E-state index is 12.5. The summed E-state index contributed by atoms with van der Waals surface area (Å²) >= 11 is 0. The molecule has 3 aromatic rings. The quantitative estimate of drug-likeness (QED) is 0.360. The number of allylic oxidation sites excluding steroid dienone is 2. The standard InChI is InChI=1S/C27H24O6/c1-31-22-10-4-18(5-11-22)25(28)14-8-20-16-24(33-3)17-21(27(20)30)9-15-26(29)19-6-12-23(32-2)13-7-19/h4-17,30H,1-3H3/b14-8+,15-9+. The second kappa shape index (κ2) is 10.8. The van der Waals surface area contributed by atoms with Crippen molar-refractivity contribution in [2.75, 3.05) is 21.3 Å². The van der Waals surface area contributed by atoms with E-state index in [-0.39, 0.29) is 17.3 Å². The highest BCUT2D eigenvalue weighted by Gasteiger charge is 2.10. The van der Waals surface area contributed by atoms with Crippen LogP contribution in [-0.2, 0) is 0 Å². The average Bonchev–Trinajstić information content (AvgIpc) is 2.87. The summed E-state index contributed by atoms with van der Waals surface area (Å²) in [5.74, 6) is 1.25. The monoisotopic (exact) mass is 444 g/mol. The van der Waals surface area contributed by atoms with Gasteiger partial charge in [0.2, 0.25) is 0 Å². The van der Waals surface area contributed by atoms with Gasteiger partial charge in [-0.2, -0.15) is 0 Å². The van der Waals surface area contributed by atoms with E-state index in [4.69, 9.17) is 14.2 Å². The molecule has 0 radical (unpaired) electrons. The van der Waals surface area contributed by atoms with Crippen LogP contribution in [0.4, 0.5) is 0 Å². The fraction of sp³-hybridized carbons (Fsp3) is 0.111. The van der Waals surface area contributed by atoms with E-state index in [0.717, 1.165) is 0 Å². The third kappa shape index (κ3) is 5.89. The number of ether oxygens (including phenoxy) is 3. The zero-order valence-corrected chi connectivity index (χ0v) is 18.6. The molecule has 3 rings (SSSR count). The number of phenols is 1. The number of hydrogen-bond acceptors (Lipinski definition) is 6. The van der Waals surface area contributed by atoms with Crippen molar-refractivity contribution in [2.45, 2.75) is 0 Å². The Bertz CT molecular complexity index is 1100. The first-order chi connectivity index (χ1) is 15.9. The first-order valence-corrected chi connectivity index (χ1v) is 10.1. The van der Waals surface area contributed by atoms with Crippen LogP contribution in [-0.4, -0.2) is 38.0 Å². The Hall–Kier alpha value is -4.32. The minimum absolute atomic E-state index is 0.0756. The molecule has 0 atom stereocenters. The van der Waals surface area contributed by atoms with Gasteiger partial charge in [0.15, 0.2) is 11.6 Å². The number of carbonyl (C=O) groups excluding carboxylic acids is 2. The SMILES string of the molecule is COc1ccc(C(=O)/C=C/c2cc(OC)cc(/C=C/C(=O)c3ccc(OC)cc3)c2O)cc1. The highest BCUT2D eigenvalue weighted by atomic mass is 16.5. The summed E-state index contributed by atoms with van der Waals surface area (Å²) in [4.78, 5) is 25.0. The zero-order valence-electron chi connectivity index (χ0n) is 18.6. The number of carbonyl (C=O) groups is 2. The maximum absolute atomic E-state index is 12.5. The summed E-state index contributed by atoms with van der Waals surface area (Å²) in [5, 5.41) is 10.7. The number of benzene rings is 3. The van der Waals surface area contributed by atoms with Crippen molar-refractivity contribution in [3.63, 3.8) is 0 Å². The van der Waals surface area contributed by atoms with Gasteiger partial charge in [-0.25, -0.2) is 0 Å². The largest absolute Gasteiger partial charge is 0.507 e. The van der Waals surface area contributed by atoms with Crippen molar-refractivity contribution in [3.8, 4) is 23.0 Å². The first kappa shape index (κ1) is 23.3. The zero-order chi connectivity index (χ0) is 23.8. The second-order valence-corrected chi connectivity index (χ2v) is 7.01. The van der Waals surface area contributed by atoms with Crippen molar-refractivity contribution in [2.24, 2.45) is 0 Å². The summed E-state index contributed by atoms with van der Waals surface area (Å²) < 4.78 is 15.5. The molecule has 168 valence electrons. The van der Waals surface area contributed by atoms with E-state index < -0.39 is 0 Å². The van der Waals surface area contributed by atoms with Crippen LogP contribution in [0.15, 0.2) is 72.8 Å². The molecular formula is C27H24O6. The molecule has 0 aliphatic carbocycles. The molecule has 0 spiro atoms. The number of phenolic OH excluding ortho intramolecular Hbond substituents is 1. The van der Waals surface area contributed by atoms with E-state index in [9.17, 15) is 14.7 Å². The molecule has 0 aromatic heterocycles. The summed E-state index contributed by atoms with van der Waals surface area (Å²) in [6.45, 7) is 0. The predicted octanol–water partition coefficient (Wildman–Crippen LogP) is 5.21. The van der Waals surface area contributed by atoms with Crippen LogP contribution >= 0.6 is 0 Å². The van der Waals surface area contributed by atoms with Gasteiger partial charge in [0.1, 0.15) is 23.0 Å². The first-order valence-electron chi connectivity index (χ1n) is 10.1. The van der Waals surface area contributed by atoms with Crippen LogP contribution in [0.25, 0.3) is 12.2 Å². The van der Waals surface area contributed by atoms with Crippen LogP contribution in [0.5, 0.6) is 23.0 Å². The molecule has 0 saturated carbocycles. The molecule has 0 unspecified atom stereocenters. The normalized spacial score (nSPS) is 11.0. The lowest BCUT2D eigenvalue weighted by molar-refractivity contribution is 0.103. The van der Waals surface area contributed by atoms with Crippen LogP contribution in [0.1, 0.15) is 31.8 Å². The summed E-state index contributed by atoms with van der Waals surface area (Å²) in [6, 6.07) is 16.7. The number of aromatic hydroxyl groups is 1. The van der Waals surface area contributed by atoms with E-state index >= 15 is 0 Å². The Balaban J connectivity index is 1.83. The molecule has 0 fully saturated rings. The smallest absolute Gasteiger partial charge is 0.185 e.